The molecule has 3 rings (SSSR count). The zero-order valence-corrected chi connectivity index (χ0v) is 19.4. The topological polar surface area (TPSA) is 69.7 Å². The maximum Gasteiger partial charge on any atom is 0.334 e. The molecule has 0 amide bonds. The fourth-order valence-corrected chi connectivity index (χ4v) is 5.27. The molecule has 0 aromatic heterocycles. The first kappa shape index (κ1) is 24.0. The van der Waals surface area contributed by atoms with Crippen molar-refractivity contribution >= 4 is 36.0 Å². The first-order valence-electron chi connectivity index (χ1n) is 10.4. The third-order valence-electron chi connectivity index (χ3n) is 4.80. The smallest absolute Gasteiger partial charge is 0.334 e. The second-order valence-electron chi connectivity index (χ2n) is 7.32. The lowest BCUT2D eigenvalue weighted by Crippen LogP contribution is -2.21. The van der Waals surface area contributed by atoms with Crippen molar-refractivity contribution in [3.63, 3.8) is 0 Å². The van der Waals surface area contributed by atoms with Gasteiger partial charge in [-0.15, -0.1) is 0 Å². The number of hydrogen-bond acceptors (Lipinski definition) is 5. The number of methoxy groups -OCH3 is 1. The van der Waals surface area contributed by atoms with E-state index in [1.807, 2.05) is 43.3 Å². The lowest BCUT2D eigenvalue weighted by molar-refractivity contribution is -0.139. The van der Waals surface area contributed by atoms with Crippen LogP contribution in [0.25, 0.3) is 6.08 Å². The van der Waals surface area contributed by atoms with Gasteiger partial charge in [0.05, 0.1) is 24.1 Å². The molecule has 0 bridgehead atoms. The molecule has 0 aliphatic heterocycles. The minimum atomic E-state index is -3.71. The molecule has 0 saturated carbocycles. The standard InChI is InChI=1S/C27H25O5P/c1-21(18-22-12-6-3-7-13-22)19-23(27(29)31-2)20-26(28)32-33(30,24-14-8-4-9-15-24)25-16-10-5-11-17-25/h3-19H,20H2,1-2H3/b21-18-,23-19+. The Morgan fingerprint density at radius 2 is 1.30 bits per heavy atom. The van der Waals surface area contributed by atoms with Gasteiger partial charge in [0.25, 0.3) is 0 Å². The Hall–Kier alpha value is -3.69. The molecule has 0 N–H and O–H groups in total. The summed E-state index contributed by atoms with van der Waals surface area (Å²) >= 11 is 0. The van der Waals surface area contributed by atoms with Gasteiger partial charge in [0, 0.05) is 5.57 Å². The molecule has 33 heavy (non-hydrogen) atoms. The maximum atomic E-state index is 13.9. The summed E-state index contributed by atoms with van der Waals surface area (Å²) < 4.78 is 24.4. The normalized spacial score (nSPS) is 12.2. The fourth-order valence-electron chi connectivity index (χ4n) is 3.28. The highest BCUT2D eigenvalue weighted by Gasteiger charge is 2.32. The van der Waals surface area contributed by atoms with E-state index >= 15 is 0 Å². The van der Waals surface area contributed by atoms with Crippen molar-refractivity contribution in [2.24, 2.45) is 0 Å². The van der Waals surface area contributed by atoms with Crippen LogP contribution >= 0.6 is 7.37 Å². The zero-order chi connectivity index (χ0) is 23.7. The van der Waals surface area contributed by atoms with E-state index in [1.54, 1.807) is 66.7 Å². The molecule has 0 fully saturated rings. The molecule has 0 atom stereocenters. The van der Waals surface area contributed by atoms with Crippen LogP contribution in [0.4, 0.5) is 0 Å². The van der Waals surface area contributed by atoms with Crippen molar-refractivity contribution < 1.29 is 23.4 Å². The minimum Gasteiger partial charge on any atom is -0.466 e. The largest absolute Gasteiger partial charge is 0.466 e. The molecule has 0 spiro atoms. The summed E-state index contributed by atoms with van der Waals surface area (Å²) in [6.45, 7) is 1.82. The molecule has 3 aromatic rings. The summed E-state index contributed by atoms with van der Waals surface area (Å²) in [7, 11) is -2.46. The maximum absolute atomic E-state index is 13.9. The molecule has 168 valence electrons. The van der Waals surface area contributed by atoms with Crippen LogP contribution in [0.1, 0.15) is 18.9 Å². The van der Waals surface area contributed by atoms with E-state index in [0.717, 1.165) is 11.1 Å². The minimum absolute atomic E-state index is 0.111. The van der Waals surface area contributed by atoms with Crippen molar-refractivity contribution in [2.45, 2.75) is 13.3 Å². The highest BCUT2D eigenvalue weighted by atomic mass is 31.2. The van der Waals surface area contributed by atoms with Crippen LogP contribution in [0.2, 0.25) is 0 Å². The number of carbonyl (C=O) groups is 2. The molecule has 5 nitrogen and oxygen atoms in total. The highest BCUT2D eigenvalue weighted by Crippen LogP contribution is 2.45. The molecule has 0 unspecified atom stereocenters. The molecule has 0 heterocycles. The van der Waals surface area contributed by atoms with Crippen molar-refractivity contribution in [3.05, 3.63) is 114 Å². The second kappa shape index (κ2) is 11.3. The van der Waals surface area contributed by atoms with Crippen LogP contribution in [0, 0.1) is 0 Å². The molecule has 0 aliphatic carbocycles. The average Bonchev–Trinajstić information content (AvgIpc) is 2.84. The van der Waals surface area contributed by atoms with Gasteiger partial charge < -0.3 is 9.26 Å². The lowest BCUT2D eigenvalue weighted by Gasteiger charge is -2.19. The number of ether oxygens (including phenoxy) is 1. The van der Waals surface area contributed by atoms with Gasteiger partial charge in [-0.2, -0.15) is 0 Å². The van der Waals surface area contributed by atoms with Crippen molar-refractivity contribution in [1.82, 2.24) is 0 Å². The van der Waals surface area contributed by atoms with E-state index in [0.29, 0.717) is 10.6 Å². The Balaban J connectivity index is 1.89. The lowest BCUT2D eigenvalue weighted by atomic mass is 10.1. The molecular formula is C27H25O5P. The van der Waals surface area contributed by atoms with E-state index in [4.69, 9.17) is 9.26 Å². The van der Waals surface area contributed by atoms with Crippen molar-refractivity contribution in [1.29, 1.82) is 0 Å². The SMILES string of the molecule is COC(=O)/C(=C/C(C)=C\c1ccccc1)CC(=O)OP(=O)(c1ccccc1)c1ccccc1. The van der Waals surface area contributed by atoms with Crippen molar-refractivity contribution in [2.75, 3.05) is 7.11 Å². The Labute approximate surface area is 193 Å². The van der Waals surface area contributed by atoms with Gasteiger partial charge in [0.15, 0.2) is 0 Å². The Bertz CT molecular complexity index is 1160. The number of esters is 1. The molecule has 0 saturated heterocycles. The number of hydrogen-bond donors (Lipinski definition) is 0. The number of benzene rings is 3. The third kappa shape index (κ3) is 6.41. The Kier molecular flexibility index (Phi) is 8.17. The Morgan fingerprint density at radius 1 is 0.818 bits per heavy atom. The molecule has 0 radical (unpaired) electrons. The van der Waals surface area contributed by atoms with Crippen LogP contribution in [0.3, 0.4) is 0 Å². The third-order valence-corrected chi connectivity index (χ3v) is 7.22. The first-order chi connectivity index (χ1) is 15.9. The molecule has 6 heteroatoms. The monoisotopic (exact) mass is 460 g/mol. The average molecular weight is 460 g/mol. The molecule has 0 aliphatic rings. The predicted octanol–water partition coefficient (Wildman–Crippen LogP) is 5.05. The zero-order valence-electron chi connectivity index (χ0n) is 18.5. The number of rotatable bonds is 8. The van der Waals surface area contributed by atoms with E-state index < -0.39 is 19.3 Å². The van der Waals surface area contributed by atoms with Gasteiger partial charge in [0.1, 0.15) is 0 Å². The van der Waals surface area contributed by atoms with E-state index in [2.05, 4.69) is 0 Å². The molecule has 3 aromatic carbocycles. The number of carbonyl (C=O) groups excluding carboxylic acids is 2. The van der Waals surface area contributed by atoms with Gasteiger partial charge in [-0.1, -0.05) is 72.8 Å². The quantitative estimate of drug-likeness (QED) is 0.204. The molecular weight excluding hydrogens is 435 g/mol. The van der Waals surface area contributed by atoms with Crippen LogP contribution in [0.5, 0.6) is 0 Å². The highest BCUT2D eigenvalue weighted by molar-refractivity contribution is 7.74. The Morgan fingerprint density at radius 3 is 1.79 bits per heavy atom. The summed E-state index contributed by atoms with van der Waals surface area (Å²) in [4.78, 5) is 25.3. The summed E-state index contributed by atoms with van der Waals surface area (Å²) in [5.74, 6) is -1.43. The first-order valence-corrected chi connectivity index (χ1v) is 12.0. The van der Waals surface area contributed by atoms with Crippen molar-refractivity contribution in [3.8, 4) is 0 Å². The van der Waals surface area contributed by atoms with Gasteiger partial charge in [-0.3, -0.25) is 9.36 Å². The summed E-state index contributed by atoms with van der Waals surface area (Å²) in [6.07, 6.45) is 3.08. The predicted molar refractivity (Wildman–Crippen MR) is 131 cm³/mol. The van der Waals surface area contributed by atoms with Crippen LogP contribution < -0.4 is 10.6 Å². The van der Waals surface area contributed by atoms with Crippen LogP contribution in [-0.4, -0.2) is 19.0 Å². The second-order valence-corrected chi connectivity index (χ2v) is 9.64. The summed E-state index contributed by atoms with van der Waals surface area (Å²) in [5.41, 5.74) is 1.82. The van der Waals surface area contributed by atoms with Gasteiger partial charge in [-0.05, 0) is 48.4 Å². The van der Waals surface area contributed by atoms with Crippen LogP contribution in [0.15, 0.2) is 108 Å². The summed E-state index contributed by atoms with van der Waals surface area (Å²) in [6, 6.07) is 26.7. The van der Waals surface area contributed by atoms with E-state index in [1.165, 1.54) is 7.11 Å². The van der Waals surface area contributed by atoms with E-state index in [-0.39, 0.29) is 12.0 Å². The van der Waals surface area contributed by atoms with Gasteiger partial charge in [-0.25, -0.2) is 4.79 Å². The summed E-state index contributed by atoms with van der Waals surface area (Å²) in [5, 5.41) is 0.793. The van der Waals surface area contributed by atoms with Gasteiger partial charge >= 0.3 is 19.3 Å². The fraction of sp³-hybridized carbons (Fsp3) is 0.111. The van der Waals surface area contributed by atoms with Crippen LogP contribution in [-0.2, 0) is 23.4 Å². The van der Waals surface area contributed by atoms with E-state index in [9.17, 15) is 14.2 Å². The number of allylic oxidation sites excluding steroid dienone is 2. The van der Waals surface area contributed by atoms with Gasteiger partial charge in [0.2, 0.25) is 0 Å².